The van der Waals surface area contributed by atoms with Crippen LogP contribution >= 0.6 is 15.9 Å². The molecule has 0 saturated heterocycles. The average Bonchev–Trinajstić information content (AvgIpc) is 2.32. The highest BCUT2D eigenvalue weighted by atomic mass is 79.9. The third-order valence-electron chi connectivity index (χ3n) is 3.46. The van der Waals surface area contributed by atoms with Crippen molar-refractivity contribution in [3.05, 3.63) is 35.4 Å². The number of hydrogen-bond acceptors (Lipinski definition) is 1. The van der Waals surface area contributed by atoms with Gasteiger partial charge in [-0.2, -0.15) is 0 Å². The van der Waals surface area contributed by atoms with E-state index in [1.165, 1.54) is 11.1 Å². The normalized spacial score (nSPS) is 13.7. The molecule has 1 unspecified atom stereocenters. The largest absolute Gasteiger partial charge is 0.379 e. The Labute approximate surface area is 114 Å². The Balaban J connectivity index is 2.70. The van der Waals surface area contributed by atoms with Crippen LogP contribution in [0.3, 0.4) is 0 Å². The number of halogens is 1. The predicted molar refractivity (Wildman–Crippen MR) is 78.0 cm³/mol. The smallest absolute Gasteiger partial charge is 0.0623 e. The fourth-order valence-corrected chi connectivity index (χ4v) is 2.66. The lowest BCUT2D eigenvalue weighted by Crippen LogP contribution is -2.23. The second-order valence-corrected chi connectivity index (χ2v) is 5.86. The molecule has 1 atom stereocenters. The summed E-state index contributed by atoms with van der Waals surface area (Å²) < 4.78 is 5.48. The third kappa shape index (κ3) is 4.44. The molecule has 0 aliphatic rings. The Morgan fingerprint density at radius 1 is 1.29 bits per heavy atom. The first kappa shape index (κ1) is 14.7. The Morgan fingerprint density at radius 2 is 1.94 bits per heavy atom. The predicted octanol–water partition coefficient (Wildman–Crippen LogP) is 4.68. The van der Waals surface area contributed by atoms with Crippen LogP contribution < -0.4 is 0 Å². The summed E-state index contributed by atoms with van der Waals surface area (Å²) in [7, 11) is 1.79. The second-order valence-electron chi connectivity index (χ2n) is 5.21. The monoisotopic (exact) mass is 298 g/mol. The molecule has 0 aliphatic heterocycles. The van der Waals surface area contributed by atoms with E-state index >= 15 is 0 Å². The van der Waals surface area contributed by atoms with Crippen molar-refractivity contribution in [1.29, 1.82) is 0 Å². The maximum Gasteiger partial charge on any atom is 0.0623 e. The van der Waals surface area contributed by atoms with Crippen molar-refractivity contribution in [3.63, 3.8) is 0 Å². The molecule has 1 aromatic carbocycles. The first-order valence-corrected chi connectivity index (χ1v) is 7.29. The Kier molecular flexibility index (Phi) is 5.68. The Bertz CT molecular complexity index is 347. The van der Waals surface area contributed by atoms with Gasteiger partial charge in [0.05, 0.1) is 5.60 Å². The molecular weight excluding hydrogens is 276 g/mol. The fourth-order valence-electron chi connectivity index (χ4n) is 1.98. The zero-order valence-corrected chi connectivity index (χ0v) is 12.9. The molecule has 0 radical (unpaired) electrons. The van der Waals surface area contributed by atoms with Crippen LogP contribution in [0, 0.1) is 6.92 Å². The molecule has 96 valence electrons. The number of hydrogen-bond donors (Lipinski definition) is 0. The molecule has 0 amide bonds. The van der Waals surface area contributed by atoms with Crippen LogP contribution in [-0.4, -0.2) is 18.0 Å². The van der Waals surface area contributed by atoms with Crippen LogP contribution in [0.2, 0.25) is 0 Å². The lowest BCUT2D eigenvalue weighted by molar-refractivity contribution is 0.0128. The minimum Gasteiger partial charge on any atom is -0.379 e. The maximum absolute atomic E-state index is 5.48. The van der Waals surface area contributed by atoms with Crippen molar-refractivity contribution in [2.24, 2.45) is 0 Å². The fraction of sp³-hybridized carbons (Fsp3) is 0.600. The number of ether oxygens (including phenoxy) is 1. The van der Waals surface area contributed by atoms with Gasteiger partial charge in [0, 0.05) is 12.4 Å². The molecule has 17 heavy (non-hydrogen) atoms. The van der Waals surface area contributed by atoms with E-state index in [-0.39, 0.29) is 5.60 Å². The van der Waals surface area contributed by atoms with Gasteiger partial charge >= 0.3 is 0 Å². The number of aryl methyl sites for hydroxylation is 1. The van der Waals surface area contributed by atoms with Gasteiger partial charge in [0.1, 0.15) is 0 Å². The zero-order valence-electron chi connectivity index (χ0n) is 11.3. The minimum atomic E-state index is -0.0247. The van der Waals surface area contributed by atoms with Gasteiger partial charge in [0.15, 0.2) is 0 Å². The first-order chi connectivity index (χ1) is 8.00. The van der Waals surface area contributed by atoms with E-state index in [1.807, 2.05) is 0 Å². The van der Waals surface area contributed by atoms with Crippen LogP contribution in [0.15, 0.2) is 24.3 Å². The first-order valence-electron chi connectivity index (χ1n) is 6.17. The molecule has 0 saturated carbocycles. The Morgan fingerprint density at radius 3 is 2.47 bits per heavy atom. The van der Waals surface area contributed by atoms with E-state index < -0.39 is 0 Å². The maximum atomic E-state index is 5.48. The molecule has 0 N–H and O–H groups in total. The number of benzene rings is 1. The van der Waals surface area contributed by atoms with Gasteiger partial charge in [0.25, 0.3) is 0 Å². The quantitative estimate of drug-likeness (QED) is 0.693. The van der Waals surface area contributed by atoms with Crippen LogP contribution in [0.4, 0.5) is 0 Å². The summed E-state index contributed by atoms with van der Waals surface area (Å²) in [5.41, 5.74) is 2.81. The number of rotatable bonds is 6. The minimum absolute atomic E-state index is 0.0247. The van der Waals surface area contributed by atoms with E-state index in [9.17, 15) is 0 Å². The highest BCUT2D eigenvalue weighted by Gasteiger charge is 2.20. The van der Waals surface area contributed by atoms with Gasteiger partial charge in [-0.3, -0.25) is 0 Å². The molecule has 1 aromatic rings. The van der Waals surface area contributed by atoms with Gasteiger partial charge in [-0.05, 0) is 50.7 Å². The molecule has 2 heteroatoms. The average molecular weight is 299 g/mol. The van der Waals surface area contributed by atoms with Crippen molar-refractivity contribution in [2.75, 3.05) is 12.4 Å². The molecule has 0 fully saturated rings. The number of alkyl halides is 1. The topological polar surface area (TPSA) is 9.23 Å². The van der Waals surface area contributed by atoms with E-state index in [4.69, 9.17) is 4.74 Å². The van der Waals surface area contributed by atoms with Crippen LogP contribution in [0.25, 0.3) is 0 Å². The van der Waals surface area contributed by atoms with E-state index in [1.54, 1.807) is 7.11 Å². The van der Waals surface area contributed by atoms with E-state index in [0.29, 0.717) is 5.92 Å². The van der Waals surface area contributed by atoms with Crippen LogP contribution in [0.5, 0.6) is 0 Å². The lowest BCUT2D eigenvalue weighted by atomic mass is 9.89. The molecule has 0 heterocycles. The second kappa shape index (κ2) is 6.55. The molecular formula is C15H23BrO. The summed E-state index contributed by atoms with van der Waals surface area (Å²) in [6.07, 6.45) is 2.23. The summed E-state index contributed by atoms with van der Waals surface area (Å²) in [4.78, 5) is 0. The van der Waals surface area contributed by atoms with Crippen molar-refractivity contribution in [3.8, 4) is 0 Å². The molecule has 0 aromatic heterocycles. The van der Waals surface area contributed by atoms with Crippen LogP contribution in [0.1, 0.15) is 43.7 Å². The summed E-state index contributed by atoms with van der Waals surface area (Å²) in [5, 5.41) is 1.01. The van der Waals surface area contributed by atoms with Crippen molar-refractivity contribution >= 4 is 15.9 Å². The van der Waals surface area contributed by atoms with Gasteiger partial charge in [-0.1, -0.05) is 40.2 Å². The van der Waals surface area contributed by atoms with Gasteiger partial charge in [0.2, 0.25) is 0 Å². The highest BCUT2D eigenvalue weighted by molar-refractivity contribution is 9.09. The van der Waals surface area contributed by atoms with Gasteiger partial charge in [-0.25, -0.2) is 0 Å². The molecule has 0 spiro atoms. The zero-order chi connectivity index (χ0) is 12.9. The van der Waals surface area contributed by atoms with E-state index in [0.717, 1.165) is 18.2 Å². The lowest BCUT2D eigenvalue weighted by Gasteiger charge is -2.26. The molecule has 0 aliphatic carbocycles. The number of methoxy groups -OCH3 is 1. The van der Waals surface area contributed by atoms with E-state index in [2.05, 4.69) is 61.0 Å². The molecule has 1 nitrogen and oxygen atoms in total. The molecule has 0 bridgehead atoms. The summed E-state index contributed by atoms with van der Waals surface area (Å²) in [6, 6.07) is 8.65. The summed E-state index contributed by atoms with van der Waals surface area (Å²) >= 11 is 3.64. The molecule has 1 rings (SSSR count). The highest BCUT2D eigenvalue weighted by Crippen LogP contribution is 2.29. The standard InChI is InChI=1S/C15H23BrO/c1-12-7-5-6-8-14(12)13(11-16)9-10-15(2,3)17-4/h5-8,13H,9-11H2,1-4H3. The van der Waals surface area contributed by atoms with Crippen LogP contribution in [-0.2, 0) is 4.74 Å². The van der Waals surface area contributed by atoms with Gasteiger partial charge in [-0.15, -0.1) is 0 Å². The van der Waals surface area contributed by atoms with Crippen molar-refractivity contribution < 1.29 is 4.74 Å². The summed E-state index contributed by atoms with van der Waals surface area (Å²) in [5.74, 6) is 0.575. The van der Waals surface area contributed by atoms with Crippen molar-refractivity contribution in [1.82, 2.24) is 0 Å². The SMILES string of the molecule is COC(C)(C)CCC(CBr)c1ccccc1C. The Hall–Kier alpha value is -0.340. The van der Waals surface area contributed by atoms with Crippen molar-refractivity contribution in [2.45, 2.75) is 45.1 Å². The van der Waals surface area contributed by atoms with Gasteiger partial charge < -0.3 is 4.74 Å². The third-order valence-corrected chi connectivity index (χ3v) is 4.24. The summed E-state index contributed by atoms with van der Waals surface area (Å²) in [6.45, 7) is 6.48.